The van der Waals surface area contributed by atoms with Gasteiger partial charge in [0.1, 0.15) is 17.5 Å². The van der Waals surface area contributed by atoms with Crippen molar-refractivity contribution in [2.75, 3.05) is 16.4 Å². The lowest BCUT2D eigenvalue weighted by atomic mass is 10.2. The lowest BCUT2D eigenvalue weighted by molar-refractivity contribution is 0.100. The van der Waals surface area contributed by atoms with Crippen LogP contribution in [0.4, 0.5) is 28.7 Å². The van der Waals surface area contributed by atoms with Gasteiger partial charge in [-0.25, -0.2) is 4.98 Å². The highest BCUT2D eigenvalue weighted by atomic mass is 16.1. The Morgan fingerprint density at radius 2 is 1.65 bits per heavy atom. The average molecular weight is 344 g/mol. The summed E-state index contributed by atoms with van der Waals surface area (Å²) < 4.78 is 0. The van der Waals surface area contributed by atoms with Crippen LogP contribution < -0.4 is 22.1 Å². The van der Waals surface area contributed by atoms with Crippen LogP contribution in [-0.4, -0.2) is 10.9 Å². The molecule has 128 valence electrons. The van der Waals surface area contributed by atoms with E-state index >= 15 is 0 Å². The van der Waals surface area contributed by atoms with E-state index in [2.05, 4.69) is 21.7 Å². The van der Waals surface area contributed by atoms with Crippen LogP contribution in [0.15, 0.2) is 60.7 Å². The summed E-state index contributed by atoms with van der Waals surface area (Å²) in [5.74, 6) is 0.327. The highest BCUT2D eigenvalue weighted by Crippen LogP contribution is 2.27. The van der Waals surface area contributed by atoms with E-state index < -0.39 is 5.91 Å². The van der Waals surface area contributed by atoms with Gasteiger partial charge in [-0.3, -0.25) is 4.79 Å². The second kappa shape index (κ2) is 7.23. The van der Waals surface area contributed by atoms with Crippen LogP contribution >= 0.6 is 0 Å². The number of nitrogen functional groups attached to an aromatic ring is 1. The molecule has 7 nitrogen and oxygen atoms in total. The van der Waals surface area contributed by atoms with Crippen LogP contribution in [0.2, 0.25) is 0 Å². The first-order valence-electron chi connectivity index (χ1n) is 7.76. The van der Waals surface area contributed by atoms with Crippen molar-refractivity contribution in [1.29, 1.82) is 5.26 Å². The second-order valence-electron chi connectivity index (χ2n) is 5.49. The minimum absolute atomic E-state index is 0.267. The zero-order chi connectivity index (χ0) is 18.5. The number of nitrogens with zero attached hydrogens (tertiary/aromatic N) is 2. The zero-order valence-electron chi connectivity index (χ0n) is 13.7. The van der Waals surface area contributed by atoms with E-state index in [1.54, 1.807) is 30.3 Å². The summed E-state index contributed by atoms with van der Waals surface area (Å²) in [7, 11) is 0. The first kappa shape index (κ1) is 16.8. The number of primary amides is 1. The molecule has 0 unspecified atom stereocenters. The number of nitrogens with two attached hydrogens (primary N) is 2. The third-order valence-electron chi connectivity index (χ3n) is 3.64. The summed E-state index contributed by atoms with van der Waals surface area (Å²) in [4.78, 5) is 15.6. The third-order valence-corrected chi connectivity index (χ3v) is 3.64. The maximum atomic E-state index is 11.1. The van der Waals surface area contributed by atoms with Crippen molar-refractivity contribution in [2.45, 2.75) is 0 Å². The molecule has 0 aliphatic heterocycles. The fraction of sp³-hybridized carbons (Fsp3) is 0. The van der Waals surface area contributed by atoms with Gasteiger partial charge in [-0.1, -0.05) is 18.2 Å². The highest BCUT2D eigenvalue weighted by molar-refractivity contribution is 5.93. The van der Waals surface area contributed by atoms with E-state index in [1.807, 2.05) is 30.3 Å². The molecule has 3 rings (SSSR count). The fourth-order valence-electron chi connectivity index (χ4n) is 2.36. The van der Waals surface area contributed by atoms with Crippen LogP contribution in [0.3, 0.4) is 0 Å². The maximum absolute atomic E-state index is 11.1. The number of para-hydroxylation sites is 1. The lowest BCUT2D eigenvalue weighted by Crippen LogP contribution is -2.10. The molecule has 1 heterocycles. The molecule has 0 saturated heterocycles. The fourth-order valence-corrected chi connectivity index (χ4v) is 2.36. The van der Waals surface area contributed by atoms with Crippen molar-refractivity contribution in [2.24, 2.45) is 5.73 Å². The molecule has 0 aliphatic carbocycles. The Balaban J connectivity index is 1.90. The summed E-state index contributed by atoms with van der Waals surface area (Å²) in [6, 6.07) is 19.7. The van der Waals surface area contributed by atoms with Gasteiger partial charge in [-0.15, -0.1) is 0 Å². The van der Waals surface area contributed by atoms with E-state index in [-0.39, 0.29) is 5.56 Å². The summed E-state index contributed by atoms with van der Waals surface area (Å²) in [6.07, 6.45) is 0. The van der Waals surface area contributed by atoms with Gasteiger partial charge in [0.05, 0.1) is 5.69 Å². The van der Waals surface area contributed by atoms with Crippen molar-refractivity contribution >= 4 is 34.6 Å². The topological polar surface area (TPSA) is 130 Å². The minimum Gasteiger partial charge on any atom is -0.397 e. The molecule has 7 heteroatoms. The number of benzene rings is 2. The summed E-state index contributed by atoms with van der Waals surface area (Å²) in [5, 5.41) is 15.6. The number of rotatable bonds is 5. The minimum atomic E-state index is -0.494. The van der Waals surface area contributed by atoms with E-state index in [1.165, 1.54) is 0 Å². The molecule has 0 fully saturated rings. The second-order valence-corrected chi connectivity index (χ2v) is 5.49. The molecule has 3 aromatic rings. The van der Waals surface area contributed by atoms with Gasteiger partial charge < -0.3 is 22.1 Å². The number of aromatic nitrogens is 1. The quantitative estimate of drug-likeness (QED) is 0.562. The van der Waals surface area contributed by atoms with Gasteiger partial charge in [0.15, 0.2) is 5.82 Å². The Kier molecular flexibility index (Phi) is 4.67. The third kappa shape index (κ3) is 3.71. The Morgan fingerprint density at radius 3 is 2.27 bits per heavy atom. The zero-order valence-corrected chi connectivity index (χ0v) is 13.7. The molecule has 26 heavy (non-hydrogen) atoms. The standard InChI is InChI=1S/C19H16N6O/c20-11-15-16(21)10-17(23-14-8-6-12(7-9-14)18(22)26)25-19(15)24-13-4-2-1-3-5-13/h1-10H,(H2,22,26)(H4,21,23,24,25). The number of carbonyl (C=O) groups is 1. The highest BCUT2D eigenvalue weighted by Gasteiger charge is 2.11. The van der Waals surface area contributed by atoms with Crippen molar-refractivity contribution in [3.8, 4) is 6.07 Å². The molecular formula is C19H16N6O. The number of carbonyl (C=O) groups excluding carboxylic acids is 1. The van der Waals surface area contributed by atoms with E-state index in [9.17, 15) is 10.1 Å². The molecule has 0 atom stereocenters. The SMILES string of the molecule is N#Cc1c(N)cc(Nc2ccc(C(N)=O)cc2)nc1Nc1ccccc1. The molecular weight excluding hydrogens is 328 g/mol. The number of anilines is 5. The lowest BCUT2D eigenvalue weighted by Gasteiger charge is -2.13. The average Bonchev–Trinajstić information content (AvgIpc) is 2.63. The van der Waals surface area contributed by atoms with Crippen LogP contribution in [0, 0.1) is 11.3 Å². The molecule has 0 radical (unpaired) electrons. The molecule has 1 aromatic heterocycles. The Bertz CT molecular complexity index is 977. The smallest absolute Gasteiger partial charge is 0.248 e. The largest absolute Gasteiger partial charge is 0.397 e. The van der Waals surface area contributed by atoms with Crippen molar-refractivity contribution in [3.05, 3.63) is 71.8 Å². The first-order chi connectivity index (χ1) is 12.6. The number of nitriles is 1. The number of hydrogen-bond donors (Lipinski definition) is 4. The Morgan fingerprint density at radius 1 is 1.00 bits per heavy atom. The van der Waals surface area contributed by atoms with Crippen LogP contribution in [0.1, 0.15) is 15.9 Å². The maximum Gasteiger partial charge on any atom is 0.248 e. The molecule has 2 aromatic carbocycles. The molecule has 0 aliphatic rings. The van der Waals surface area contributed by atoms with Crippen molar-refractivity contribution in [3.63, 3.8) is 0 Å². The van der Waals surface area contributed by atoms with E-state index in [0.717, 1.165) is 5.69 Å². The molecule has 0 spiro atoms. The summed E-state index contributed by atoms with van der Waals surface area (Å²) >= 11 is 0. The number of hydrogen-bond acceptors (Lipinski definition) is 6. The monoisotopic (exact) mass is 344 g/mol. The van der Waals surface area contributed by atoms with E-state index in [4.69, 9.17) is 11.5 Å². The van der Waals surface area contributed by atoms with Gasteiger partial charge in [0.2, 0.25) is 5.91 Å². The normalized spacial score (nSPS) is 9.96. The van der Waals surface area contributed by atoms with Crippen molar-refractivity contribution in [1.82, 2.24) is 4.98 Å². The summed E-state index contributed by atoms with van der Waals surface area (Å²) in [5.41, 5.74) is 13.7. The number of amides is 1. The Labute approximate surface area is 150 Å². The van der Waals surface area contributed by atoms with Gasteiger partial charge in [-0.2, -0.15) is 5.26 Å². The summed E-state index contributed by atoms with van der Waals surface area (Å²) in [6.45, 7) is 0. The first-order valence-corrected chi connectivity index (χ1v) is 7.76. The predicted octanol–water partition coefficient (Wildman–Crippen LogP) is 3.12. The van der Waals surface area contributed by atoms with Gasteiger partial charge in [0, 0.05) is 23.0 Å². The Hall–Kier alpha value is -4.05. The van der Waals surface area contributed by atoms with E-state index in [0.29, 0.717) is 28.6 Å². The van der Waals surface area contributed by atoms with Crippen LogP contribution in [-0.2, 0) is 0 Å². The molecule has 1 amide bonds. The van der Waals surface area contributed by atoms with Crippen LogP contribution in [0.5, 0.6) is 0 Å². The van der Waals surface area contributed by atoms with Crippen molar-refractivity contribution < 1.29 is 4.79 Å². The number of nitrogens with one attached hydrogen (secondary N) is 2. The van der Waals surface area contributed by atoms with Crippen LogP contribution in [0.25, 0.3) is 0 Å². The molecule has 0 bridgehead atoms. The molecule has 6 N–H and O–H groups in total. The van der Waals surface area contributed by atoms with Gasteiger partial charge in [0.25, 0.3) is 0 Å². The predicted molar refractivity (Wildman–Crippen MR) is 101 cm³/mol. The van der Waals surface area contributed by atoms with Gasteiger partial charge >= 0.3 is 0 Å². The number of pyridine rings is 1. The van der Waals surface area contributed by atoms with Gasteiger partial charge in [-0.05, 0) is 36.4 Å². The molecule has 0 saturated carbocycles.